The third-order valence-corrected chi connectivity index (χ3v) is 9.19. The zero-order chi connectivity index (χ0) is 31.7. The molecule has 2 aromatic heterocycles. The zero-order valence-electron chi connectivity index (χ0n) is 26.2. The Hall–Kier alpha value is -6.10. The molecule has 4 nitrogen and oxygen atoms in total. The van der Waals surface area contributed by atoms with E-state index in [0.29, 0.717) is 11.3 Å². The fourth-order valence-corrected chi connectivity index (χ4v) is 7.01. The maximum absolute atomic E-state index is 10.4. The first-order valence-electron chi connectivity index (χ1n) is 15.4. The highest BCUT2D eigenvalue weighted by Crippen LogP contribution is 2.40. The highest BCUT2D eigenvalue weighted by Gasteiger charge is 2.18. The Morgan fingerprint density at radius 3 is 1.28 bits per heavy atom. The van der Waals surface area contributed by atoms with Gasteiger partial charge in [0.25, 0.3) is 0 Å². The van der Waals surface area contributed by atoms with E-state index < -0.39 is 0 Å². The molecule has 6 aromatic carbocycles. The van der Waals surface area contributed by atoms with Gasteiger partial charge in [0.1, 0.15) is 0 Å². The van der Waals surface area contributed by atoms with Crippen LogP contribution in [0.25, 0.3) is 71.0 Å². The van der Waals surface area contributed by atoms with Gasteiger partial charge >= 0.3 is 0 Å². The summed E-state index contributed by atoms with van der Waals surface area (Å²) in [6.45, 7) is 16.6. The third kappa shape index (κ3) is 4.12. The van der Waals surface area contributed by atoms with E-state index in [1.807, 2.05) is 24.3 Å². The van der Waals surface area contributed by atoms with Gasteiger partial charge in [-0.1, -0.05) is 60.7 Å². The van der Waals surface area contributed by atoms with Crippen molar-refractivity contribution < 1.29 is 0 Å². The number of nitriles is 1. The Balaban J connectivity index is 1.31. The Labute approximate surface area is 267 Å². The topological polar surface area (TPSA) is 38.0 Å². The van der Waals surface area contributed by atoms with Gasteiger partial charge in [0.15, 0.2) is 5.69 Å². The lowest BCUT2D eigenvalue weighted by Crippen LogP contribution is -1.97. The Morgan fingerprint density at radius 1 is 0.500 bits per heavy atom. The number of hydrogen-bond donors (Lipinski definition) is 0. The first-order chi connectivity index (χ1) is 22.3. The van der Waals surface area contributed by atoms with E-state index >= 15 is 0 Å². The first-order valence-corrected chi connectivity index (χ1v) is 15.4. The zero-order valence-corrected chi connectivity index (χ0v) is 26.2. The van der Waals surface area contributed by atoms with E-state index in [0.717, 1.165) is 44.6 Å². The normalized spacial score (nSPS) is 11.4. The van der Waals surface area contributed by atoms with Gasteiger partial charge in [-0.2, -0.15) is 5.26 Å². The van der Waals surface area contributed by atoms with Gasteiger partial charge < -0.3 is 9.13 Å². The summed E-state index contributed by atoms with van der Waals surface area (Å²) in [5, 5.41) is 15.2. The lowest BCUT2D eigenvalue weighted by atomic mass is 9.97. The molecule has 8 rings (SSSR count). The van der Waals surface area contributed by atoms with E-state index in [9.17, 15) is 5.26 Å². The summed E-state index contributed by atoms with van der Waals surface area (Å²) in [7, 11) is 0. The van der Waals surface area contributed by atoms with Crippen molar-refractivity contribution in [1.82, 2.24) is 9.13 Å². The maximum Gasteiger partial charge on any atom is 0.197 e. The van der Waals surface area contributed by atoms with Crippen molar-refractivity contribution >= 4 is 49.3 Å². The van der Waals surface area contributed by atoms with Crippen LogP contribution in [-0.2, 0) is 0 Å². The maximum atomic E-state index is 10.4. The fourth-order valence-electron chi connectivity index (χ4n) is 7.01. The van der Waals surface area contributed by atoms with Crippen molar-refractivity contribution in [3.63, 3.8) is 0 Å². The monoisotopic (exact) mass is 590 g/mol. The molecule has 0 bridgehead atoms. The molecule has 0 aliphatic rings. The molecule has 0 amide bonds. The summed E-state index contributed by atoms with van der Waals surface area (Å²) in [6.07, 6.45) is 0. The molecule has 8 aromatic rings. The summed E-state index contributed by atoms with van der Waals surface area (Å²) in [6, 6.07) is 40.6. The summed E-state index contributed by atoms with van der Waals surface area (Å²) in [4.78, 5) is 3.98. The number of nitrogens with zero attached hydrogens (tertiary/aromatic N) is 4. The van der Waals surface area contributed by atoms with Crippen molar-refractivity contribution in [2.24, 2.45) is 0 Å². The van der Waals surface area contributed by atoms with Crippen LogP contribution in [0.5, 0.6) is 0 Å². The van der Waals surface area contributed by atoms with Crippen LogP contribution in [0.3, 0.4) is 0 Å². The largest absolute Gasteiger partial charge is 0.310 e. The molecule has 218 valence electrons. The summed E-state index contributed by atoms with van der Waals surface area (Å²) >= 11 is 0. The number of fused-ring (bicyclic) bond motifs is 6. The summed E-state index contributed by atoms with van der Waals surface area (Å²) in [5.74, 6) is 0. The lowest BCUT2D eigenvalue weighted by molar-refractivity contribution is 1.17. The average Bonchev–Trinajstić information content (AvgIpc) is 3.54. The highest BCUT2D eigenvalue weighted by atomic mass is 15.0. The molecular formula is C42H30N4. The fraction of sp³-hybridized carbons (Fsp3) is 0.0952. The van der Waals surface area contributed by atoms with Crippen LogP contribution >= 0.6 is 0 Å². The summed E-state index contributed by atoms with van der Waals surface area (Å²) in [5.41, 5.74) is 13.6. The number of benzene rings is 6. The van der Waals surface area contributed by atoms with E-state index in [-0.39, 0.29) is 0 Å². The molecule has 0 saturated heterocycles. The third-order valence-electron chi connectivity index (χ3n) is 9.19. The quantitative estimate of drug-likeness (QED) is 0.189. The number of aromatic nitrogens is 2. The minimum Gasteiger partial charge on any atom is -0.310 e. The van der Waals surface area contributed by atoms with Crippen LogP contribution in [0.4, 0.5) is 5.69 Å². The Kier molecular flexibility index (Phi) is 6.11. The molecule has 0 saturated carbocycles. The Bertz CT molecular complexity index is 2350. The van der Waals surface area contributed by atoms with Gasteiger partial charge in [0.2, 0.25) is 0 Å². The molecule has 4 heteroatoms. The van der Waals surface area contributed by atoms with Crippen LogP contribution in [0.2, 0.25) is 0 Å². The molecule has 0 fully saturated rings. The number of aryl methyl sites for hydroxylation is 4. The standard InChI is InChI=1S/C42H30N4/c1-25-6-12-34-35-13-7-26(2)19-40(35)45(39(34)18-25)30-10-16-32(29(22-30)24-43)33-17-11-31(23-38(33)44-5)46-41-20-27(3)8-14-36(41)37-15-9-28(4)21-42(37)46/h6-23H,1-4H3. The van der Waals surface area contributed by atoms with Gasteiger partial charge in [0, 0.05) is 32.9 Å². The molecule has 0 unspecified atom stereocenters. The second kappa shape index (κ2) is 10.2. The lowest BCUT2D eigenvalue weighted by Gasteiger charge is -2.14. The van der Waals surface area contributed by atoms with Gasteiger partial charge in [-0.25, -0.2) is 4.85 Å². The predicted molar refractivity (Wildman–Crippen MR) is 190 cm³/mol. The van der Waals surface area contributed by atoms with Gasteiger partial charge in [-0.3, -0.25) is 0 Å². The molecule has 0 radical (unpaired) electrons. The molecule has 0 N–H and O–H groups in total. The van der Waals surface area contributed by atoms with Crippen LogP contribution in [-0.4, -0.2) is 9.13 Å². The van der Waals surface area contributed by atoms with Crippen molar-refractivity contribution in [2.75, 3.05) is 0 Å². The number of hydrogen-bond acceptors (Lipinski definition) is 1. The van der Waals surface area contributed by atoms with Crippen LogP contribution in [0.15, 0.2) is 109 Å². The van der Waals surface area contributed by atoms with Crippen molar-refractivity contribution in [1.29, 1.82) is 5.26 Å². The molecule has 0 spiro atoms. The van der Waals surface area contributed by atoms with Crippen molar-refractivity contribution in [3.05, 3.63) is 148 Å². The van der Waals surface area contributed by atoms with Crippen molar-refractivity contribution in [3.8, 4) is 28.6 Å². The molecular weight excluding hydrogens is 560 g/mol. The minimum atomic E-state index is 0.514. The molecule has 0 aliphatic heterocycles. The first kappa shape index (κ1) is 27.4. The van der Waals surface area contributed by atoms with E-state index in [4.69, 9.17) is 6.57 Å². The van der Waals surface area contributed by atoms with Crippen molar-refractivity contribution in [2.45, 2.75) is 27.7 Å². The molecule has 2 heterocycles. The van der Waals surface area contributed by atoms with Gasteiger partial charge in [-0.15, -0.1) is 0 Å². The SMILES string of the molecule is [C-]#[N+]c1cc(-n2c3cc(C)ccc3c3ccc(C)cc32)ccc1-c1ccc(-n2c3cc(C)ccc3c3ccc(C)cc32)cc1C#N. The Morgan fingerprint density at radius 2 is 0.891 bits per heavy atom. The molecule has 46 heavy (non-hydrogen) atoms. The van der Waals surface area contributed by atoms with Crippen LogP contribution < -0.4 is 0 Å². The second-order valence-electron chi connectivity index (χ2n) is 12.4. The molecule has 0 atom stereocenters. The van der Waals surface area contributed by atoms with Crippen LogP contribution in [0, 0.1) is 45.6 Å². The van der Waals surface area contributed by atoms with E-state index in [2.05, 4.69) is 133 Å². The van der Waals surface area contributed by atoms with E-state index in [1.54, 1.807) is 0 Å². The minimum absolute atomic E-state index is 0.514. The predicted octanol–water partition coefficient (Wildman–Crippen LogP) is 11.2. The van der Waals surface area contributed by atoms with Gasteiger partial charge in [0.05, 0.1) is 40.3 Å². The average molecular weight is 591 g/mol. The van der Waals surface area contributed by atoms with E-state index in [1.165, 1.54) is 43.8 Å². The van der Waals surface area contributed by atoms with Gasteiger partial charge in [-0.05, 0) is 110 Å². The smallest absolute Gasteiger partial charge is 0.197 e. The molecule has 0 aliphatic carbocycles. The number of rotatable bonds is 3. The summed E-state index contributed by atoms with van der Waals surface area (Å²) < 4.78 is 4.50. The highest BCUT2D eigenvalue weighted by molar-refractivity contribution is 6.11. The second-order valence-corrected chi connectivity index (χ2v) is 12.4. The van der Waals surface area contributed by atoms with Crippen LogP contribution in [0.1, 0.15) is 27.8 Å².